The van der Waals surface area contributed by atoms with E-state index >= 15 is 0 Å². The highest BCUT2D eigenvalue weighted by atomic mass is 19.4. The van der Waals surface area contributed by atoms with Gasteiger partial charge in [-0.1, -0.05) is 0 Å². The van der Waals surface area contributed by atoms with Gasteiger partial charge in [0, 0.05) is 31.6 Å². The lowest BCUT2D eigenvalue weighted by Gasteiger charge is -2.31. The van der Waals surface area contributed by atoms with E-state index in [-0.39, 0.29) is 5.92 Å². The second-order valence-electron chi connectivity index (χ2n) is 5.14. The zero-order valence-electron chi connectivity index (χ0n) is 11.4. The van der Waals surface area contributed by atoms with E-state index in [1.165, 1.54) is 11.1 Å². The van der Waals surface area contributed by atoms with Crippen LogP contribution in [0.15, 0.2) is 12.4 Å². The standard InChI is InChI=1S/C13H17F3N4O/c14-13(15,16)4-1-12(21)20-5-2-9(3-6-20)10-7-18-8-11(17)19-10/h7-9H,1-6H2,(H2,17,19). The Hall–Kier alpha value is -1.86. The van der Waals surface area contributed by atoms with E-state index in [4.69, 9.17) is 5.73 Å². The summed E-state index contributed by atoms with van der Waals surface area (Å²) in [4.78, 5) is 21.4. The summed E-state index contributed by atoms with van der Waals surface area (Å²) in [6.07, 6.45) is -1.41. The van der Waals surface area contributed by atoms with Crippen LogP contribution in [-0.2, 0) is 4.79 Å². The minimum atomic E-state index is -4.29. The monoisotopic (exact) mass is 302 g/mol. The van der Waals surface area contributed by atoms with Crippen LogP contribution in [0.1, 0.15) is 37.3 Å². The van der Waals surface area contributed by atoms with Crippen molar-refractivity contribution >= 4 is 11.7 Å². The molecule has 0 aliphatic carbocycles. The number of anilines is 1. The van der Waals surface area contributed by atoms with Crippen molar-refractivity contribution in [3.8, 4) is 0 Å². The van der Waals surface area contributed by atoms with Crippen molar-refractivity contribution in [2.45, 2.75) is 37.8 Å². The van der Waals surface area contributed by atoms with Crippen molar-refractivity contribution in [3.63, 3.8) is 0 Å². The summed E-state index contributed by atoms with van der Waals surface area (Å²) < 4.78 is 36.3. The van der Waals surface area contributed by atoms with Gasteiger partial charge in [0.25, 0.3) is 0 Å². The molecule has 1 aromatic heterocycles. The topological polar surface area (TPSA) is 72.1 Å². The molecule has 1 fully saturated rings. The smallest absolute Gasteiger partial charge is 0.382 e. The lowest BCUT2D eigenvalue weighted by atomic mass is 9.93. The molecule has 1 aliphatic rings. The molecule has 2 heterocycles. The van der Waals surface area contributed by atoms with Crippen LogP contribution in [0.4, 0.5) is 19.0 Å². The van der Waals surface area contributed by atoms with E-state index in [2.05, 4.69) is 9.97 Å². The zero-order chi connectivity index (χ0) is 15.5. The van der Waals surface area contributed by atoms with Crippen molar-refractivity contribution in [2.75, 3.05) is 18.8 Å². The molecule has 1 saturated heterocycles. The van der Waals surface area contributed by atoms with Crippen LogP contribution in [-0.4, -0.2) is 40.0 Å². The highest BCUT2D eigenvalue weighted by Gasteiger charge is 2.30. The molecule has 0 saturated carbocycles. The van der Waals surface area contributed by atoms with Gasteiger partial charge >= 0.3 is 6.18 Å². The van der Waals surface area contributed by atoms with E-state index in [9.17, 15) is 18.0 Å². The van der Waals surface area contributed by atoms with Gasteiger partial charge in [0.15, 0.2) is 0 Å². The molecule has 1 amide bonds. The van der Waals surface area contributed by atoms with Crippen LogP contribution in [0.2, 0.25) is 0 Å². The van der Waals surface area contributed by atoms with Crippen LogP contribution < -0.4 is 5.73 Å². The molecule has 1 aliphatic heterocycles. The first-order chi connectivity index (χ1) is 9.85. The minimum absolute atomic E-state index is 0.146. The van der Waals surface area contributed by atoms with Crippen molar-refractivity contribution in [3.05, 3.63) is 18.1 Å². The zero-order valence-corrected chi connectivity index (χ0v) is 11.4. The average molecular weight is 302 g/mol. The quantitative estimate of drug-likeness (QED) is 0.928. The fourth-order valence-corrected chi connectivity index (χ4v) is 2.42. The number of carbonyl (C=O) groups is 1. The molecule has 5 nitrogen and oxygen atoms in total. The number of likely N-dealkylation sites (tertiary alicyclic amines) is 1. The SMILES string of the molecule is Nc1cncc(C2CCN(C(=O)CCC(F)(F)F)CC2)n1. The molecule has 2 N–H and O–H groups in total. The maximum atomic E-state index is 12.1. The number of nitrogens with zero attached hydrogens (tertiary/aromatic N) is 3. The number of aromatic nitrogens is 2. The summed E-state index contributed by atoms with van der Waals surface area (Å²) in [7, 11) is 0. The summed E-state index contributed by atoms with van der Waals surface area (Å²) >= 11 is 0. The Morgan fingerprint density at radius 1 is 1.33 bits per heavy atom. The van der Waals surface area contributed by atoms with Gasteiger partial charge in [0.2, 0.25) is 5.91 Å². The molecular weight excluding hydrogens is 285 g/mol. The molecule has 2 rings (SSSR count). The van der Waals surface area contributed by atoms with Gasteiger partial charge in [-0.25, -0.2) is 4.98 Å². The van der Waals surface area contributed by atoms with Crippen LogP contribution in [0, 0.1) is 0 Å². The van der Waals surface area contributed by atoms with Gasteiger partial charge in [-0.15, -0.1) is 0 Å². The molecule has 0 atom stereocenters. The number of carbonyl (C=O) groups excluding carboxylic acids is 1. The lowest BCUT2D eigenvalue weighted by Crippen LogP contribution is -2.38. The van der Waals surface area contributed by atoms with E-state index in [1.807, 2.05) is 0 Å². The van der Waals surface area contributed by atoms with Gasteiger partial charge < -0.3 is 10.6 Å². The van der Waals surface area contributed by atoms with Crippen LogP contribution in [0.25, 0.3) is 0 Å². The van der Waals surface area contributed by atoms with Gasteiger partial charge in [0.1, 0.15) is 5.82 Å². The molecule has 8 heteroatoms. The molecule has 0 aromatic carbocycles. The Morgan fingerprint density at radius 2 is 2.00 bits per heavy atom. The molecule has 1 aromatic rings. The summed E-state index contributed by atoms with van der Waals surface area (Å²) in [5.74, 6) is 0.0493. The van der Waals surface area contributed by atoms with Crippen LogP contribution in [0.5, 0.6) is 0 Å². The predicted molar refractivity (Wildman–Crippen MR) is 70.3 cm³/mol. The Balaban J connectivity index is 1.84. The largest absolute Gasteiger partial charge is 0.389 e. The third-order valence-corrected chi connectivity index (χ3v) is 3.56. The highest BCUT2D eigenvalue weighted by Crippen LogP contribution is 2.28. The van der Waals surface area contributed by atoms with Crippen LogP contribution >= 0.6 is 0 Å². The third-order valence-electron chi connectivity index (χ3n) is 3.56. The number of nitrogen functional groups attached to an aromatic ring is 1. The third kappa shape index (κ3) is 4.57. The first-order valence-corrected chi connectivity index (χ1v) is 6.77. The van der Waals surface area contributed by atoms with E-state index in [1.54, 1.807) is 6.20 Å². The van der Waals surface area contributed by atoms with Crippen molar-refractivity contribution in [1.29, 1.82) is 0 Å². The number of halogens is 3. The van der Waals surface area contributed by atoms with Gasteiger partial charge in [-0.2, -0.15) is 13.2 Å². The Bertz CT molecular complexity index is 498. The number of amides is 1. The first-order valence-electron chi connectivity index (χ1n) is 6.77. The number of hydrogen-bond donors (Lipinski definition) is 1. The lowest BCUT2D eigenvalue weighted by molar-refractivity contribution is -0.149. The summed E-state index contributed by atoms with van der Waals surface area (Å²) in [5.41, 5.74) is 6.35. The molecule has 116 valence electrons. The molecular formula is C13H17F3N4O. The fraction of sp³-hybridized carbons (Fsp3) is 0.615. The summed E-state index contributed by atoms with van der Waals surface area (Å²) in [5, 5.41) is 0. The molecule has 0 bridgehead atoms. The second kappa shape index (κ2) is 6.28. The second-order valence-corrected chi connectivity index (χ2v) is 5.14. The number of piperidine rings is 1. The normalized spacial score (nSPS) is 17.0. The predicted octanol–water partition coefficient (Wildman–Crippen LogP) is 2.11. The van der Waals surface area contributed by atoms with E-state index < -0.39 is 24.9 Å². The van der Waals surface area contributed by atoms with Gasteiger partial charge in [-0.05, 0) is 12.8 Å². The first kappa shape index (κ1) is 15.5. The minimum Gasteiger partial charge on any atom is -0.382 e. The molecule has 21 heavy (non-hydrogen) atoms. The van der Waals surface area contributed by atoms with Gasteiger partial charge in [-0.3, -0.25) is 9.78 Å². The highest BCUT2D eigenvalue weighted by molar-refractivity contribution is 5.76. The molecule has 0 radical (unpaired) electrons. The number of nitrogens with two attached hydrogens (primary N) is 1. The number of hydrogen-bond acceptors (Lipinski definition) is 4. The fourth-order valence-electron chi connectivity index (χ4n) is 2.42. The maximum Gasteiger partial charge on any atom is 0.389 e. The molecule has 0 unspecified atom stereocenters. The van der Waals surface area contributed by atoms with Crippen molar-refractivity contribution in [2.24, 2.45) is 0 Å². The van der Waals surface area contributed by atoms with Gasteiger partial charge in [0.05, 0.1) is 18.3 Å². The Labute approximate surface area is 120 Å². The molecule has 0 spiro atoms. The van der Waals surface area contributed by atoms with E-state index in [0.717, 1.165) is 5.69 Å². The maximum absolute atomic E-state index is 12.1. The number of rotatable bonds is 3. The van der Waals surface area contributed by atoms with Crippen molar-refractivity contribution in [1.82, 2.24) is 14.9 Å². The summed E-state index contributed by atoms with van der Waals surface area (Å²) in [6, 6.07) is 0. The Kier molecular flexibility index (Phi) is 4.64. The average Bonchev–Trinajstić information content (AvgIpc) is 2.44. The van der Waals surface area contributed by atoms with Crippen LogP contribution in [0.3, 0.4) is 0 Å². The van der Waals surface area contributed by atoms with Crippen molar-refractivity contribution < 1.29 is 18.0 Å². The Morgan fingerprint density at radius 3 is 2.57 bits per heavy atom. The van der Waals surface area contributed by atoms with E-state index in [0.29, 0.717) is 31.7 Å². The number of alkyl halides is 3. The summed E-state index contributed by atoms with van der Waals surface area (Å²) in [6.45, 7) is 0.885.